The van der Waals surface area contributed by atoms with Crippen molar-refractivity contribution in [1.29, 1.82) is 0 Å². The number of hydrogen-bond acceptors (Lipinski definition) is 4. The van der Waals surface area contributed by atoms with E-state index in [1.165, 1.54) is 18.2 Å². The standard InChI is InChI=1S/C16H21NO5S/c1-3-10(2)15(16(19)20)17-23(21,22)12-7-8-13-11(9-12)5-4-6-14(13)18/h7-10,15,17H,3-6H2,1-2H3,(H,19,20)/t10-,15-/m0/s1. The van der Waals surface area contributed by atoms with Gasteiger partial charge in [-0.2, -0.15) is 4.72 Å². The smallest absolute Gasteiger partial charge is 0.322 e. The van der Waals surface area contributed by atoms with Gasteiger partial charge in [-0.3, -0.25) is 9.59 Å². The second-order valence-electron chi connectivity index (χ2n) is 5.92. The molecule has 0 bridgehead atoms. The van der Waals surface area contributed by atoms with Crippen LogP contribution in [0, 0.1) is 5.92 Å². The third-order valence-electron chi connectivity index (χ3n) is 4.30. The molecule has 0 saturated carbocycles. The van der Waals surface area contributed by atoms with Crippen LogP contribution in [0.3, 0.4) is 0 Å². The first-order valence-corrected chi connectivity index (χ1v) is 9.16. The molecule has 2 atom stereocenters. The number of fused-ring (bicyclic) bond motifs is 1. The summed E-state index contributed by atoms with van der Waals surface area (Å²) < 4.78 is 27.2. The van der Waals surface area contributed by atoms with Crippen LogP contribution in [0.4, 0.5) is 0 Å². The molecule has 7 heteroatoms. The van der Waals surface area contributed by atoms with Crippen LogP contribution in [0.1, 0.15) is 49.0 Å². The van der Waals surface area contributed by atoms with Gasteiger partial charge in [0.25, 0.3) is 0 Å². The van der Waals surface area contributed by atoms with Gasteiger partial charge in [0, 0.05) is 12.0 Å². The Hall–Kier alpha value is -1.73. The first kappa shape index (κ1) is 17.6. The van der Waals surface area contributed by atoms with Crippen LogP contribution in [0.25, 0.3) is 0 Å². The summed E-state index contributed by atoms with van der Waals surface area (Å²) in [5, 5.41) is 9.24. The monoisotopic (exact) mass is 339 g/mol. The quantitative estimate of drug-likeness (QED) is 0.825. The third kappa shape index (κ3) is 3.79. The molecule has 0 heterocycles. The van der Waals surface area contributed by atoms with E-state index in [2.05, 4.69) is 4.72 Å². The summed E-state index contributed by atoms with van der Waals surface area (Å²) >= 11 is 0. The summed E-state index contributed by atoms with van der Waals surface area (Å²) in [5.41, 5.74) is 1.27. The number of nitrogens with one attached hydrogen (secondary N) is 1. The second kappa shape index (κ2) is 6.80. The van der Waals surface area contributed by atoms with Crippen molar-refractivity contribution in [3.05, 3.63) is 29.3 Å². The Bertz CT molecular complexity index is 726. The minimum absolute atomic E-state index is 0.000466. The van der Waals surface area contributed by atoms with Crippen molar-refractivity contribution < 1.29 is 23.1 Å². The fourth-order valence-corrected chi connectivity index (χ4v) is 4.02. The number of Topliss-reactive ketones (excluding diaryl/α,β-unsaturated/α-hetero) is 1. The van der Waals surface area contributed by atoms with E-state index in [1.807, 2.05) is 0 Å². The predicted octanol–water partition coefficient (Wildman–Crippen LogP) is 1.98. The number of aliphatic carboxylic acids is 1. The number of carbonyl (C=O) groups excluding carboxylic acids is 1. The van der Waals surface area contributed by atoms with E-state index in [1.54, 1.807) is 13.8 Å². The molecule has 0 spiro atoms. The van der Waals surface area contributed by atoms with Gasteiger partial charge in [0.15, 0.2) is 5.78 Å². The molecule has 126 valence electrons. The summed E-state index contributed by atoms with van der Waals surface area (Å²) in [6.07, 6.45) is 2.37. The maximum atomic E-state index is 12.5. The summed E-state index contributed by atoms with van der Waals surface area (Å²) in [6.45, 7) is 3.49. The third-order valence-corrected chi connectivity index (χ3v) is 5.74. The highest BCUT2D eigenvalue weighted by atomic mass is 32.2. The van der Waals surface area contributed by atoms with Crippen molar-refractivity contribution in [2.24, 2.45) is 5.92 Å². The average Bonchev–Trinajstić information content (AvgIpc) is 2.51. The van der Waals surface area contributed by atoms with Crippen LogP contribution < -0.4 is 4.72 Å². The fraction of sp³-hybridized carbons (Fsp3) is 0.500. The number of carboxylic acid groups (broad SMARTS) is 1. The zero-order valence-corrected chi connectivity index (χ0v) is 14.0. The molecule has 0 unspecified atom stereocenters. The first-order valence-electron chi connectivity index (χ1n) is 7.67. The van der Waals surface area contributed by atoms with E-state index in [-0.39, 0.29) is 16.6 Å². The number of carboxylic acids is 1. The van der Waals surface area contributed by atoms with Crippen LogP contribution in [-0.2, 0) is 21.2 Å². The summed E-state index contributed by atoms with van der Waals surface area (Å²) in [7, 11) is -3.95. The molecule has 0 amide bonds. The van der Waals surface area contributed by atoms with Gasteiger partial charge in [0.05, 0.1) is 4.90 Å². The van der Waals surface area contributed by atoms with Crippen LogP contribution in [-0.4, -0.2) is 31.3 Å². The van der Waals surface area contributed by atoms with E-state index in [9.17, 15) is 23.1 Å². The number of rotatable bonds is 6. The van der Waals surface area contributed by atoms with Gasteiger partial charge < -0.3 is 5.11 Å². The van der Waals surface area contributed by atoms with Crippen molar-refractivity contribution in [3.8, 4) is 0 Å². The van der Waals surface area contributed by atoms with Crippen LogP contribution in [0.2, 0.25) is 0 Å². The zero-order valence-electron chi connectivity index (χ0n) is 13.2. The molecular formula is C16H21NO5S. The number of ketones is 1. The predicted molar refractivity (Wildman–Crippen MR) is 84.9 cm³/mol. The zero-order chi connectivity index (χ0) is 17.2. The number of sulfonamides is 1. The lowest BCUT2D eigenvalue weighted by Gasteiger charge is -2.21. The molecular weight excluding hydrogens is 318 g/mol. The van der Waals surface area contributed by atoms with Crippen molar-refractivity contribution in [3.63, 3.8) is 0 Å². The Kier molecular flexibility index (Phi) is 5.21. The molecule has 1 aliphatic carbocycles. The van der Waals surface area contributed by atoms with E-state index in [0.717, 1.165) is 0 Å². The Labute approximate surface area is 136 Å². The van der Waals surface area contributed by atoms with E-state index in [4.69, 9.17) is 0 Å². The summed E-state index contributed by atoms with van der Waals surface area (Å²) in [5.74, 6) is -1.51. The minimum Gasteiger partial charge on any atom is -0.480 e. The van der Waals surface area contributed by atoms with Gasteiger partial charge in [-0.1, -0.05) is 20.3 Å². The molecule has 23 heavy (non-hydrogen) atoms. The van der Waals surface area contributed by atoms with E-state index in [0.29, 0.717) is 36.8 Å². The van der Waals surface area contributed by atoms with Crippen molar-refractivity contribution in [1.82, 2.24) is 4.72 Å². The Morgan fingerprint density at radius 1 is 1.35 bits per heavy atom. The van der Waals surface area contributed by atoms with Crippen molar-refractivity contribution in [2.75, 3.05) is 0 Å². The van der Waals surface area contributed by atoms with Crippen molar-refractivity contribution >= 4 is 21.8 Å². The van der Waals surface area contributed by atoms with Gasteiger partial charge in [0.2, 0.25) is 10.0 Å². The lowest BCUT2D eigenvalue weighted by Crippen LogP contribution is -2.44. The number of hydrogen-bond donors (Lipinski definition) is 2. The summed E-state index contributed by atoms with van der Waals surface area (Å²) in [4.78, 5) is 23.1. The molecule has 1 aliphatic rings. The topological polar surface area (TPSA) is 101 Å². The molecule has 0 aromatic heterocycles. The average molecular weight is 339 g/mol. The molecule has 1 aromatic rings. The Balaban J connectivity index is 2.32. The molecule has 0 saturated heterocycles. The number of benzene rings is 1. The number of carbonyl (C=O) groups is 2. The molecule has 2 N–H and O–H groups in total. The molecule has 0 radical (unpaired) electrons. The van der Waals surface area contributed by atoms with Gasteiger partial charge in [-0.05, 0) is 42.5 Å². The van der Waals surface area contributed by atoms with Crippen LogP contribution >= 0.6 is 0 Å². The van der Waals surface area contributed by atoms with Crippen LogP contribution in [0.15, 0.2) is 23.1 Å². The first-order chi connectivity index (χ1) is 10.8. The lowest BCUT2D eigenvalue weighted by atomic mass is 9.91. The molecule has 0 aliphatic heterocycles. The fourth-order valence-electron chi connectivity index (χ4n) is 2.67. The summed E-state index contributed by atoms with van der Waals surface area (Å²) in [6, 6.07) is 3.18. The van der Waals surface area contributed by atoms with Crippen LogP contribution in [0.5, 0.6) is 0 Å². The SMILES string of the molecule is CC[C@H](C)[C@H](NS(=O)(=O)c1ccc2c(c1)CCCC2=O)C(=O)O. The van der Waals surface area contributed by atoms with Crippen molar-refractivity contribution in [2.45, 2.75) is 50.5 Å². The Morgan fingerprint density at radius 2 is 2.04 bits per heavy atom. The van der Waals surface area contributed by atoms with E-state index < -0.39 is 22.0 Å². The second-order valence-corrected chi connectivity index (χ2v) is 7.63. The van der Waals surface area contributed by atoms with E-state index >= 15 is 0 Å². The van der Waals surface area contributed by atoms with Gasteiger partial charge >= 0.3 is 5.97 Å². The van der Waals surface area contributed by atoms with Gasteiger partial charge in [0.1, 0.15) is 6.04 Å². The van der Waals surface area contributed by atoms with Gasteiger partial charge in [-0.15, -0.1) is 0 Å². The molecule has 2 rings (SSSR count). The highest BCUT2D eigenvalue weighted by molar-refractivity contribution is 7.89. The lowest BCUT2D eigenvalue weighted by molar-refractivity contribution is -0.140. The number of aryl methyl sites for hydroxylation is 1. The Morgan fingerprint density at radius 3 is 2.65 bits per heavy atom. The minimum atomic E-state index is -3.95. The molecule has 6 nitrogen and oxygen atoms in total. The van der Waals surface area contributed by atoms with Gasteiger partial charge in [-0.25, -0.2) is 8.42 Å². The largest absolute Gasteiger partial charge is 0.480 e. The normalized spacial score (nSPS) is 17.4. The highest BCUT2D eigenvalue weighted by Gasteiger charge is 2.30. The maximum absolute atomic E-state index is 12.5. The maximum Gasteiger partial charge on any atom is 0.322 e. The molecule has 0 fully saturated rings. The highest BCUT2D eigenvalue weighted by Crippen LogP contribution is 2.24. The molecule has 1 aromatic carbocycles.